The maximum Gasteiger partial charge on any atom is 0.248 e. The number of rotatable bonds is 0. The number of H-pyrrole nitrogens is 1. The first-order chi connectivity index (χ1) is 5.77. The van der Waals surface area contributed by atoms with Crippen LogP contribution in [0.2, 0.25) is 0 Å². The van der Waals surface area contributed by atoms with Crippen molar-refractivity contribution < 1.29 is 0 Å². The minimum Gasteiger partial charge on any atom is -0.326 e. The van der Waals surface area contributed by atoms with Crippen LogP contribution < -0.4 is 11.3 Å². The number of fused-ring (bicyclic) bond motifs is 1. The lowest BCUT2D eigenvalue weighted by molar-refractivity contribution is 0.559. The first kappa shape index (κ1) is 7.55. The summed E-state index contributed by atoms with van der Waals surface area (Å²) < 4.78 is 0. The number of aromatic nitrogens is 1. The topological polar surface area (TPSA) is 58.9 Å². The summed E-state index contributed by atoms with van der Waals surface area (Å²) in [6, 6.07) is 3.51. The van der Waals surface area contributed by atoms with Crippen LogP contribution in [-0.2, 0) is 6.42 Å². The summed E-state index contributed by atoms with van der Waals surface area (Å²) in [4.78, 5) is 13.8. The van der Waals surface area contributed by atoms with E-state index in [0.29, 0.717) is 0 Å². The third-order valence-electron chi connectivity index (χ3n) is 2.38. The summed E-state index contributed by atoms with van der Waals surface area (Å²) in [7, 11) is 0. The molecule has 1 aliphatic rings. The van der Waals surface area contributed by atoms with Gasteiger partial charge < -0.3 is 10.7 Å². The number of nitrogens with two attached hydrogens (primary N) is 1. The fourth-order valence-corrected chi connectivity index (χ4v) is 1.74. The predicted molar refractivity (Wildman–Crippen MR) is 46.9 cm³/mol. The van der Waals surface area contributed by atoms with Crippen molar-refractivity contribution in [1.82, 2.24) is 4.98 Å². The van der Waals surface area contributed by atoms with Crippen molar-refractivity contribution in [3.8, 4) is 0 Å². The van der Waals surface area contributed by atoms with Gasteiger partial charge in [-0.15, -0.1) is 0 Å². The second-order valence-corrected chi connectivity index (χ2v) is 3.26. The molecule has 1 atom stereocenters. The van der Waals surface area contributed by atoms with Crippen molar-refractivity contribution in [3.63, 3.8) is 0 Å². The van der Waals surface area contributed by atoms with Crippen LogP contribution in [0.5, 0.6) is 0 Å². The second kappa shape index (κ2) is 2.75. The first-order valence-electron chi connectivity index (χ1n) is 4.25. The molecule has 2 rings (SSSR count). The maximum atomic E-state index is 11.0. The van der Waals surface area contributed by atoms with E-state index in [1.54, 1.807) is 6.07 Å². The minimum atomic E-state index is -0.0251. The SMILES string of the molecule is N[C@@H]1CCCc2[nH]c(=O)ccc21. The Kier molecular flexibility index (Phi) is 1.73. The number of hydrogen-bond acceptors (Lipinski definition) is 2. The van der Waals surface area contributed by atoms with Gasteiger partial charge in [-0.1, -0.05) is 6.07 Å². The largest absolute Gasteiger partial charge is 0.326 e. The number of aryl methyl sites for hydroxylation is 1. The molecule has 0 radical (unpaired) electrons. The molecule has 1 aliphatic carbocycles. The third kappa shape index (κ3) is 1.16. The quantitative estimate of drug-likeness (QED) is 0.593. The van der Waals surface area contributed by atoms with Crippen molar-refractivity contribution in [3.05, 3.63) is 33.7 Å². The Hall–Kier alpha value is -1.09. The molecular weight excluding hydrogens is 152 g/mol. The molecule has 64 valence electrons. The molecule has 0 saturated heterocycles. The van der Waals surface area contributed by atoms with Gasteiger partial charge in [0.05, 0.1) is 0 Å². The zero-order valence-corrected chi connectivity index (χ0v) is 6.84. The Balaban J connectivity index is 2.53. The van der Waals surface area contributed by atoms with Gasteiger partial charge in [0.1, 0.15) is 0 Å². The highest BCUT2D eigenvalue weighted by Crippen LogP contribution is 2.24. The molecule has 12 heavy (non-hydrogen) atoms. The van der Waals surface area contributed by atoms with Crippen molar-refractivity contribution in [2.45, 2.75) is 25.3 Å². The van der Waals surface area contributed by atoms with E-state index in [0.717, 1.165) is 30.5 Å². The highest BCUT2D eigenvalue weighted by atomic mass is 16.1. The molecular formula is C9H12N2O. The molecule has 1 heterocycles. The zero-order chi connectivity index (χ0) is 8.55. The van der Waals surface area contributed by atoms with Gasteiger partial charge in [0.2, 0.25) is 5.56 Å². The molecule has 1 aromatic rings. The third-order valence-corrected chi connectivity index (χ3v) is 2.38. The van der Waals surface area contributed by atoms with Gasteiger partial charge >= 0.3 is 0 Å². The number of pyridine rings is 1. The summed E-state index contributed by atoms with van der Waals surface area (Å²) >= 11 is 0. The van der Waals surface area contributed by atoms with E-state index < -0.39 is 0 Å². The van der Waals surface area contributed by atoms with Crippen molar-refractivity contribution in [2.24, 2.45) is 5.73 Å². The number of aromatic amines is 1. The smallest absolute Gasteiger partial charge is 0.248 e. The highest BCUT2D eigenvalue weighted by Gasteiger charge is 2.16. The molecule has 0 amide bonds. The van der Waals surface area contributed by atoms with Crippen LogP contribution in [0, 0.1) is 0 Å². The van der Waals surface area contributed by atoms with Gasteiger partial charge in [0.25, 0.3) is 0 Å². The Morgan fingerprint density at radius 1 is 1.50 bits per heavy atom. The molecule has 0 saturated carbocycles. The van der Waals surface area contributed by atoms with Gasteiger partial charge in [0, 0.05) is 17.8 Å². The van der Waals surface area contributed by atoms with E-state index in [4.69, 9.17) is 5.73 Å². The molecule has 0 aliphatic heterocycles. The summed E-state index contributed by atoms with van der Waals surface area (Å²) in [5.41, 5.74) is 7.99. The van der Waals surface area contributed by atoms with Crippen molar-refractivity contribution >= 4 is 0 Å². The Morgan fingerprint density at radius 3 is 3.17 bits per heavy atom. The maximum absolute atomic E-state index is 11.0. The van der Waals surface area contributed by atoms with Crippen LogP contribution in [0.25, 0.3) is 0 Å². The molecule has 1 aromatic heterocycles. The van der Waals surface area contributed by atoms with Crippen molar-refractivity contribution in [1.29, 1.82) is 0 Å². The standard InChI is InChI=1S/C9H12N2O/c10-7-2-1-3-8-6(7)4-5-9(12)11-8/h4-5,7H,1-3,10H2,(H,11,12)/t7-/m1/s1. The number of nitrogens with one attached hydrogen (secondary N) is 1. The Bertz CT molecular complexity index is 343. The summed E-state index contributed by atoms with van der Waals surface area (Å²) in [5, 5.41) is 0. The Morgan fingerprint density at radius 2 is 2.33 bits per heavy atom. The Labute approximate surface area is 70.6 Å². The van der Waals surface area contributed by atoms with E-state index in [2.05, 4.69) is 4.98 Å². The van der Waals surface area contributed by atoms with Gasteiger partial charge in [-0.2, -0.15) is 0 Å². The molecule has 0 fully saturated rings. The normalized spacial score (nSPS) is 21.9. The van der Waals surface area contributed by atoms with Crippen LogP contribution in [0.4, 0.5) is 0 Å². The summed E-state index contributed by atoms with van der Waals surface area (Å²) in [6.07, 6.45) is 3.06. The lowest BCUT2D eigenvalue weighted by atomic mass is 9.92. The van der Waals surface area contributed by atoms with E-state index in [-0.39, 0.29) is 11.6 Å². The minimum absolute atomic E-state index is 0.0251. The average molecular weight is 164 g/mol. The van der Waals surface area contributed by atoms with Gasteiger partial charge in [-0.3, -0.25) is 4.79 Å². The molecule has 0 unspecified atom stereocenters. The summed E-state index contributed by atoms with van der Waals surface area (Å²) in [6.45, 7) is 0. The molecule has 3 nitrogen and oxygen atoms in total. The van der Waals surface area contributed by atoms with Gasteiger partial charge in [-0.25, -0.2) is 0 Å². The highest BCUT2D eigenvalue weighted by molar-refractivity contribution is 5.25. The molecule has 3 heteroatoms. The van der Waals surface area contributed by atoms with E-state index >= 15 is 0 Å². The van der Waals surface area contributed by atoms with E-state index in [1.165, 1.54) is 0 Å². The van der Waals surface area contributed by atoms with Crippen LogP contribution in [-0.4, -0.2) is 4.98 Å². The van der Waals surface area contributed by atoms with Crippen molar-refractivity contribution in [2.75, 3.05) is 0 Å². The van der Waals surface area contributed by atoms with Gasteiger partial charge in [0.15, 0.2) is 0 Å². The molecule has 3 N–H and O–H groups in total. The lowest BCUT2D eigenvalue weighted by Gasteiger charge is -2.20. The average Bonchev–Trinajstić information content (AvgIpc) is 2.04. The lowest BCUT2D eigenvalue weighted by Crippen LogP contribution is -2.21. The van der Waals surface area contributed by atoms with Crippen LogP contribution in [0.1, 0.15) is 30.1 Å². The van der Waals surface area contributed by atoms with Crippen LogP contribution in [0.15, 0.2) is 16.9 Å². The number of hydrogen-bond donors (Lipinski definition) is 2. The fraction of sp³-hybridized carbons (Fsp3) is 0.444. The van der Waals surface area contributed by atoms with Crippen LogP contribution >= 0.6 is 0 Å². The predicted octanol–water partition coefficient (Wildman–Crippen LogP) is 0.711. The summed E-state index contributed by atoms with van der Waals surface area (Å²) in [5.74, 6) is 0. The first-order valence-corrected chi connectivity index (χ1v) is 4.25. The molecule has 0 spiro atoms. The van der Waals surface area contributed by atoms with E-state index in [1.807, 2.05) is 6.07 Å². The zero-order valence-electron chi connectivity index (χ0n) is 6.84. The monoisotopic (exact) mass is 164 g/mol. The fourth-order valence-electron chi connectivity index (χ4n) is 1.74. The second-order valence-electron chi connectivity index (χ2n) is 3.26. The van der Waals surface area contributed by atoms with E-state index in [9.17, 15) is 4.79 Å². The molecule has 0 bridgehead atoms. The van der Waals surface area contributed by atoms with Gasteiger partial charge in [-0.05, 0) is 24.8 Å². The molecule has 0 aromatic carbocycles. The van der Waals surface area contributed by atoms with Crippen LogP contribution in [0.3, 0.4) is 0 Å².